The lowest BCUT2D eigenvalue weighted by molar-refractivity contribution is -0.134. The molecule has 0 spiro atoms. The number of benzene rings is 1. The zero-order chi connectivity index (χ0) is 15.7. The summed E-state index contributed by atoms with van der Waals surface area (Å²) in [6.07, 6.45) is -0.425. The highest BCUT2D eigenvalue weighted by Crippen LogP contribution is 2.29. The number of halogens is 3. The van der Waals surface area contributed by atoms with Gasteiger partial charge in [0.05, 0.1) is 18.3 Å². The molecule has 5 nitrogen and oxygen atoms in total. The van der Waals surface area contributed by atoms with Crippen LogP contribution in [0.4, 0.5) is 14.5 Å². The minimum atomic E-state index is -2.79. The van der Waals surface area contributed by atoms with Gasteiger partial charge in [0.25, 0.3) is 5.92 Å². The first-order chi connectivity index (χ1) is 10.5. The second kappa shape index (κ2) is 6.88. The summed E-state index contributed by atoms with van der Waals surface area (Å²) >= 11 is 0. The number of nitrogens with zero attached hydrogens (tertiary/aromatic N) is 2. The van der Waals surface area contributed by atoms with Crippen LogP contribution >= 0.6 is 12.4 Å². The van der Waals surface area contributed by atoms with Crippen molar-refractivity contribution in [2.75, 3.05) is 37.6 Å². The van der Waals surface area contributed by atoms with E-state index in [4.69, 9.17) is 0 Å². The SMILES string of the molecule is Cl.O=C(C1CC(F)(F)CN1)N1CCN(c2ccccc2O)CC1. The fourth-order valence-corrected chi connectivity index (χ4v) is 3.01. The van der Waals surface area contributed by atoms with Crippen LogP contribution in [0.5, 0.6) is 5.75 Å². The molecular formula is C15H20ClF2N3O2. The summed E-state index contributed by atoms with van der Waals surface area (Å²) in [5, 5.41) is 12.5. The maximum absolute atomic E-state index is 13.2. The Morgan fingerprint density at radius 3 is 2.43 bits per heavy atom. The number of aromatic hydroxyl groups is 1. The van der Waals surface area contributed by atoms with Crippen molar-refractivity contribution in [3.8, 4) is 5.75 Å². The van der Waals surface area contributed by atoms with E-state index in [0.717, 1.165) is 5.69 Å². The fraction of sp³-hybridized carbons (Fsp3) is 0.533. The van der Waals surface area contributed by atoms with Crippen molar-refractivity contribution in [2.45, 2.75) is 18.4 Å². The molecule has 2 fully saturated rings. The average Bonchev–Trinajstić information content (AvgIpc) is 2.87. The number of phenolic OH excluding ortho intramolecular Hbond substituents is 1. The molecule has 1 atom stereocenters. The number of carbonyl (C=O) groups excluding carboxylic acids is 1. The zero-order valence-electron chi connectivity index (χ0n) is 12.5. The lowest BCUT2D eigenvalue weighted by Gasteiger charge is -2.37. The second-order valence-electron chi connectivity index (χ2n) is 5.79. The van der Waals surface area contributed by atoms with Crippen LogP contribution in [0.3, 0.4) is 0 Å². The molecule has 2 heterocycles. The third-order valence-corrected chi connectivity index (χ3v) is 4.22. The topological polar surface area (TPSA) is 55.8 Å². The predicted octanol–water partition coefficient (Wildman–Crippen LogP) is 1.46. The van der Waals surface area contributed by atoms with Crippen molar-refractivity contribution < 1.29 is 18.7 Å². The number of anilines is 1. The van der Waals surface area contributed by atoms with Crippen molar-refractivity contribution in [3.05, 3.63) is 24.3 Å². The van der Waals surface area contributed by atoms with Gasteiger partial charge in [-0.05, 0) is 12.1 Å². The van der Waals surface area contributed by atoms with Gasteiger partial charge in [-0.15, -0.1) is 12.4 Å². The molecule has 2 aliphatic rings. The molecule has 1 amide bonds. The zero-order valence-corrected chi connectivity index (χ0v) is 13.4. The molecule has 23 heavy (non-hydrogen) atoms. The van der Waals surface area contributed by atoms with Crippen molar-refractivity contribution in [1.29, 1.82) is 0 Å². The summed E-state index contributed by atoms with van der Waals surface area (Å²) in [6, 6.07) is 6.26. The number of nitrogens with one attached hydrogen (secondary N) is 1. The summed E-state index contributed by atoms with van der Waals surface area (Å²) in [7, 11) is 0. The number of piperazine rings is 1. The van der Waals surface area contributed by atoms with Gasteiger partial charge in [0.15, 0.2) is 0 Å². The van der Waals surface area contributed by atoms with Crippen LogP contribution in [0.1, 0.15) is 6.42 Å². The Bertz CT molecular complexity index is 565. The Labute approximate surface area is 139 Å². The first kappa shape index (κ1) is 17.7. The molecule has 0 radical (unpaired) electrons. The number of alkyl halides is 2. The van der Waals surface area contributed by atoms with Gasteiger partial charge in [-0.25, -0.2) is 8.78 Å². The molecule has 1 aromatic carbocycles. The Morgan fingerprint density at radius 1 is 1.22 bits per heavy atom. The molecule has 0 bridgehead atoms. The number of hydrogen-bond donors (Lipinski definition) is 2. The van der Waals surface area contributed by atoms with Gasteiger partial charge in [-0.3, -0.25) is 10.1 Å². The molecule has 0 saturated carbocycles. The monoisotopic (exact) mass is 347 g/mol. The van der Waals surface area contributed by atoms with E-state index in [2.05, 4.69) is 5.32 Å². The van der Waals surface area contributed by atoms with E-state index in [1.807, 2.05) is 17.0 Å². The fourth-order valence-electron chi connectivity index (χ4n) is 3.01. The van der Waals surface area contributed by atoms with E-state index in [-0.39, 0.29) is 24.1 Å². The van der Waals surface area contributed by atoms with E-state index < -0.39 is 24.9 Å². The summed E-state index contributed by atoms with van der Waals surface area (Å²) in [5.41, 5.74) is 0.736. The molecule has 1 aromatic rings. The molecule has 2 aliphatic heterocycles. The smallest absolute Gasteiger partial charge is 0.262 e. The highest BCUT2D eigenvalue weighted by atomic mass is 35.5. The Hall–Kier alpha value is -1.60. The lowest BCUT2D eigenvalue weighted by Crippen LogP contribution is -2.53. The van der Waals surface area contributed by atoms with Gasteiger partial charge in [-0.1, -0.05) is 12.1 Å². The average molecular weight is 348 g/mol. The number of para-hydroxylation sites is 2. The standard InChI is InChI=1S/C15H19F2N3O2.ClH/c16-15(17)9-11(18-10-15)14(22)20-7-5-19(6-8-20)12-3-1-2-4-13(12)21;/h1-4,11,18,21H,5-10H2;1H. The normalized spacial score (nSPS) is 23.5. The molecule has 2 N–H and O–H groups in total. The first-order valence-corrected chi connectivity index (χ1v) is 7.39. The van der Waals surface area contributed by atoms with E-state index in [0.29, 0.717) is 26.2 Å². The second-order valence-corrected chi connectivity index (χ2v) is 5.79. The summed E-state index contributed by atoms with van der Waals surface area (Å²) < 4.78 is 26.4. The van der Waals surface area contributed by atoms with Crippen LogP contribution in [-0.2, 0) is 4.79 Å². The van der Waals surface area contributed by atoms with Gasteiger partial charge in [0, 0.05) is 32.6 Å². The number of carbonyl (C=O) groups is 1. The van der Waals surface area contributed by atoms with Gasteiger partial charge in [-0.2, -0.15) is 0 Å². The third-order valence-electron chi connectivity index (χ3n) is 4.22. The van der Waals surface area contributed by atoms with E-state index in [1.54, 1.807) is 17.0 Å². The molecule has 128 valence electrons. The summed E-state index contributed by atoms with van der Waals surface area (Å²) in [4.78, 5) is 15.9. The number of phenols is 1. The third kappa shape index (κ3) is 3.84. The van der Waals surface area contributed by atoms with Crippen molar-refractivity contribution in [3.63, 3.8) is 0 Å². The van der Waals surface area contributed by atoms with Crippen LogP contribution < -0.4 is 10.2 Å². The Morgan fingerprint density at radius 2 is 1.87 bits per heavy atom. The van der Waals surface area contributed by atoms with E-state index >= 15 is 0 Å². The van der Waals surface area contributed by atoms with Crippen LogP contribution in [0.2, 0.25) is 0 Å². The van der Waals surface area contributed by atoms with Crippen molar-refractivity contribution >= 4 is 24.0 Å². The van der Waals surface area contributed by atoms with Crippen LogP contribution in [-0.4, -0.2) is 60.6 Å². The van der Waals surface area contributed by atoms with Gasteiger partial charge in [0.1, 0.15) is 5.75 Å². The van der Waals surface area contributed by atoms with Gasteiger partial charge >= 0.3 is 0 Å². The van der Waals surface area contributed by atoms with Gasteiger partial charge in [0.2, 0.25) is 5.91 Å². The Balaban J connectivity index is 0.00000192. The highest BCUT2D eigenvalue weighted by Gasteiger charge is 2.43. The molecule has 8 heteroatoms. The maximum atomic E-state index is 13.2. The van der Waals surface area contributed by atoms with Gasteiger partial charge < -0.3 is 14.9 Å². The Kier molecular flexibility index (Phi) is 5.31. The number of amides is 1. The first-order valence-electron chi connectivity index (χ1n) is 7.39. The summed E-state index contributed by atoms with van der Waals surface area (Å²) in [6.45, 7) is 1.66. The number of rotatable bonds is 2. The molecule has 0 aliphatic carbocycles. The van der Waals surface area contributed by atoms with Crippen LogP contribution in [0, 0.1) is 0 Å². The lowest BCUT2D eigenvalue weighted by atomic mass is 10.1. The van der Waals surface area contributed by atoms with Crippen LogP contribution in [0.15, 0.2) is 24.3 Å². The predicted molar refractivity (Wildman–Crippen MR) is 85.5 cm³/mol. The molecule has 0 aromatic heterocycles. The quantitative estimate of drug-likeness (QED) is 0.850. The van der Waals surface area contributed by atoms with Crippen molar-refractivity contribution in [1.82, 2.24) is 10.2 Å². The minimum absolute atomic E-state index is 0. The minimum Gasteiger partial charge on any atom is -0.506 e. The largest absolute Gasteiger partial charge is 0.506 e. The van der Waals surface area contributed by atoms with Crippen LogP contribution in [0.25, 0.3) is 0 Å². The van der Waals surface area contributed by atoms with Crippen molar-refractivity contribution in [2.24, 2.45) is 0 Å². The van der Waals surface area contributed by atoms with E-state index in [9.17, 15) is 18.7 Å². The molecule has 1 unspecified atom stereocenters. The maximum Gasteiger partial charge on any atom is 0.262 e. The van der Waals surface area contributed by atoms with E-state index in [1.165, 1.54) is 0 Å². The highest BCUT2D eigenvalue weighted by molar-refractivity contribution is 5.85. The number of hydrogen-bond acceptors (Lipinski definition) is 4. The molecule has 3 rings (SSSR count). The summed E-state index contributed by atoms with van der Waals surface area (Å²) in [5.74, 6) is -2.84. The molecular weight excluding hydrogens is 328 g/mol. The molecule has 2 saturated heterocycles.